The molecule has 0 saturated heterocycles. The fourth-order valence-electron chi connectivity index (χ4n) is 12.9. The molecule has 3 N–H and O–H groups in total. The molecule has 0 aliphatic heterocycles. The van der Waals surface area contributed by atoms with E-state index in [4.69, 9.17) is 37.0 Å². The molecule has 102 heavy (non-hydrogen) atoms. The zero-order chi connectivity index (χ0) is 74.8. The quantitative estimate of drug-likeness (QED) is 0.0222. The normalized spacial score (nSPS) is 13.8. The van der Waals surface area contributed by atoms with Crippen molar-refractivity contribution in [2.24, 2.45) is 5.92 Å². The Balaban J connectivity index is 5.10. The van der Waals surface area contributed by atoms with E-state index < -0.39 is 97.5 Å². The summed E-state index contributed by atoms with van der Waals surface area (Å²) in [6, 6.07) is 0. The van der Waals surface area contributed by atoms with Crippen LogP contribution in [0.1, 0.15) is 446 Å². The summed E-state index contributed by atoms with van der Waals surface area (Å²) >= 11 is 0. The lowest BCUT2D eigenvalue weighted by atomic mass is 10.0. The molecule has 0 heterocycles. The molecular formula is C83H162O17P2. The van der Waals surface area contributed by atoms with E-state index >= 15 is 0 Å². The number of phosphoric acid groups is 2. The Kier molecular flexibility index (Phi) is 74.4. The van der Waals surface area contributed by atoms with E-state index in [0.29, 0.717) is 25.7 Å². The first kappa shape index (κ1) is 100. The standard InChI is InChI=1S/C83H162O17P2/c1-6-9-12-15-17-19-21-23-25-26-27-28-29-30-35-38-42-46-50-54-59-64-69-83(88)100-79(73-94-81(86)67-62-57-52-48-44-41-37-34-32-31-33-36-39-43-47-51-56-60-65-76(4)5)75-98-102(91,92)96-71-77(84)70-95-101(89,90)97-74-78(72-93-80(85)66-61-55-14-11-8-3)99-82(87)68-63-58-53-49-45-40-24-22-20-18-16-13-10-7-2/h76-79,84H,6-75H2,1-5H3,(H,89,90)(H,91,92)/t77-,78+,79+/m0/s1. The fraction of sp³-hybridized carbons (Fsp3) is 0.952. The van der Waals surface area contributed by atoms with Crippen molar-refractivity contribution in [3.63, 3.8) is 0 Å². The molecule has 0 aromatic carbocycles. The van der Waals surface area contributed by atoms with Crippen molar-refractivity contribution in [1.29, 1.82) is 0 Å². The maximum Gasteiger partial charge on any atom is 0.472 e. The third kappa shape index (κ3) is 76.3. The molecule has 0 amide bonds. The van der Waals surface area contributed by atoms with Gasteiger partial charge in [0, 0.05) is 25.7 Å². The molecule has 0 fully saturated rings. The number of carbonyl (C=O) groups excluding carboxylic acids is 4. The van der Waals surface area contributed by atoms with Gasteiger partial charge in [0.1, 0.15) is 19.3 Å². The maximum absolute atomic E-state index is 13.1. The van der Waals surface area contributed by atoms with E-state index in [9.17, 15) is 43.2 Å². The van der Waals surface area contributed by atoms with Crippen molar-refractivity contribution in [2.75, 3.05) is 39.6 Å². The van der Waals surface area contributed by atoms with Crippen LogP contribution in [0, 0.1) is 5.92 Å². The lowest BCUT2D eigenvalue weighted by Crippen LogP contribution is -2.30. The maximum atomic E-state index is 13.1. The van der Waals surface area contributed by atoms with Gasteiger partial charge in [0.25, 0.3) is 0 Å². The van der Waals surface area contributed by atoms with E-state index in [1.54, 1.807) is 0 Å². The number of aliphatic hydroxyl groups excluding tert-OH is 1. The van der Waals surface area contributed by atoms with Crippen LogP contribution in [0.3, 0.4) is 0 Å². The molecule has 0 aromatic heterocycles. The van der Waals surface area contributed by atoms with Gasteiger partial charge in [-0.25, -0.2) is 9.13 Å². The summed E-state index contributed by atoms with van der Waals surface area (Å²) in [6.07, 6.45) is 68.6. The molecule has 0 aliphatic carbocycles. The van der Waals surface area contributed by atoms with Gasteiger partial charge in [-0.05, 0) is 31.6 Å². The van der Waals surface area contributed by atoms with Gasteiger partial charge in [0.2, 0.25) is 0 Å². The number of hydrogen-bond donors (Lipinski definition) is 3. The van der Waals surface area contributed by atoms with E-state index in [1.807, 2.05) is 0 Å². The Bertz CT molecular complexity index is 1940. The van der Waals surface area contributed by atoms with Crippen molar-refractivity contribution >= 4 is 39.5 Å². The number of rotatable bonds is 83. The third-order valence-electron chi connectivity index (χ3n) is 19.5. The van der Waals surface area contributed by atoms with Crippen LogP contribution >= 0.6 is 15.6 Å². The Morgan fingerprint density at radius 3 is 0.667 bits per heavy atom. The van der Waals surface area contributed by atoms with Crippen molar-refractivity contribution in [1.82, 2.24) is 0 Å². The van der Waals surface area contributed by atoms with Crippen LogP contribution in [-0.4, -0.2) is 96.7 Å². The lowest BCUT2D eigenvalue weighted by Gasteiger charge is -2.21. The first-order valence-corrected chi connectivity index (χ1v) is 46.1. The third-order valence-corrected chi connectivity index (χ3v) is 21.4. The highest BCUT2D eigenvalue weighted by atomic mass is 31.2. The highest BCUT2D eigenvalue weighted by Crippen LogP contribution is 2.45. The summed E-state index contributed by atoms with van der Waals surface area (Å²) in [6.45, 7) is 7.28. The summed E-state index contributed by atoms with van der Waals surface area (Å²) in [7, 11) is -9.91. The van der Waals surface area contributed by atoms with Gasteiger partial charge in [-0.2, -0.15) is 0 Å². The van der Waals surface area contributed by atoms with Crippen LogP contribution < -0.4 is 0 Å². The van der Waals surface area contributed by atoms with Crippen LogP contribution in [0.15, 0.2) is 0 Å². The molecule has 5 atom stereocenters. The second-order valence-corrected chi connectivity index (χ2v) is 33.3. The zero-order valence-electron chi connectivity index (χ0n) is 66.8. The molecule has 606 valence electrons. The van der Waals surface area contributed by atoms with Crippen LogP contribution in [0.4, 0.5) is 0 Å². The summed E-state index contributed by atoms with van der Waals surface area (Å²) in [5.41, 5.74) is 0. The molecule has 0 aromatic rings. The SMILES string of the molecule is CCCCCCCCCCCCCCCCCCCCCCCCC(=O)O[C@H](COC(=O)CCCCCCCCCCCCCCCCCCCCC(C)C)COP(=O)(O)OC[C@@H](O)COP(=O)(O)OC[C@@H](COC(=O)CCCCCCC)OC(=O)CCCCCCCCCCCCCCCC. The number of esters is 4. The smallest absolute Gasteiger partial charge is 0.462 e. The molecule has 0 radical (unpaired) electrons. The highest BCUT2D eigenvalue weighted by molar-refractivity contribution is 7.47. The van der Waals surface area contributed by atoms with E-state index in [-0.39, 0.29) is 25.7 Å². The van der Waals surface area contributed by atoms with Gasteiger partial charge in [0.05, 0.1) is 26.4 Å². The largest absolute Gasteiger partial charge is 0.472 e. The predicted octanol–water partition coefficient (Wildman–Crippen LogP) is 25.2. The van der Waals surface area contributed by atoms with Crippen molar-refractivity contribution in [2.45, 2.75) is 464 Å². The minimum Gasteiger partial charge on any atom is -0.462 e. The van der Waals surface area contributed by atoms with Gasteiger partial charge in [-0.15, -0.1) is 0 Å². The van der Waals surface area contributed by atoms with Crippen molar-refractivity contribution in [3.05, 3.63) is 0 Å². The number of carbonyl (C=O) groups is 4. The first-order valence-electron chi connectivity index (χ1n) is 43.1. The van der Waals surface area contributed by atoms with E-state index in [1.165, 1.54) is 263 Å². The van der Waals surface area contributed by atoms with Gasteiger partial charge >= 0.3 is 39.5 Å². The Morgan fingerprint density at radius 2 is 0.451 bits per heavy atom. The minimum absolute atomic E-state index is 0.107. The molecule has 17 nitrogen and oxygen atoms in total. The van der Waals surface area contributed by atoms with Crippen LogP contribution in [0.25, 0.3) is 0 Å². The molecule has 0 saturated carbocycles. The summed E-state index contributed by atoms with van der Waals surface area (Å²) in [5.74, 6) is -1.29. The van der Waals surface area contributed by atoms with Crippen LogP contribution in [0.5, 0.6) is 0 Å². The summed E-state index contributed by atoms with van der Waals surface area (Å²) in [5, 5.41) is 10.6. The van der Waals surface area contributed by atoms with Gasteiger partial charge < -0.3 is 33.8 Å². The number of hydrogen-bond acceptors (Lipinski definition) is 15. The second-order valence-electron chi connectivity index (χ2n) is 30.3. The monoisotopic (exact) mass is 1490 g/mol. The molecule has 0 aliphatic rings. The number of ether oxygens (including phenoxy) is 4. The van der Waals surface area contributed by atoms with Gasteiger partial charge in [0.15, 0.2) is 12.2 Å². The van der Waals surface area contributed by atoms with E-state index in [0.717, 1.165) is 102 Å². The van der Waals surface area contributed by atoms with Crippen LogP contribution in [-0.2, 0) is 65.4 Å². The molecule has 2 unspecified atom stereocenters. The predicted molar refractivity (Wildman–Crippen MR) is 418 cm³/mol. The fourth-order valence-corrected chi connectivity index (χ4v) is 14.5. The highest BCUT2D eigenvalue weighted by Gasteiger charge is 2.30. The molecule has 0 rings (SSSR count). The Morgan fingerprint density at radius 1 is 0.265 bits per heavy atom. The number of unbranched alkanes of at least 4 members (excludes halogenated alkanes) is 55. The topological polar surface area (TPSA) is 237 Å². The summed E-state index contributed by atoms with van der Waals surface area (Å²) < 4.78 is 68.5. The summed E-state index contributed by atoms with van der Waals surface area (Å²) in [4.78, 5) is 72.8. The van der Waals surface area contributed by atoms with Crippen molar-refractivity contribution < 1.29 is 80.2 Å². The Labute approximate surface area is 626 Å². The second kappa shape index (κ2) is 75.9. The molecule has 0 spiro atoms. The van der Waals surface area contributed by atoms with Gasteiger partial charge in [-0.3, -0.25) is 37.3 Å². The molecule has 19 heteroatoms. The Hall–Kier alpha value is -1.94. The van der Waals surface area contributed by atoms with E-state index in [2.05, 4.69) is 34.6 Å². The molecular weight excluding hydrogens is 1330 g/mol. The average molecular weight is 1490 g/mol. The molecule has 0 bridgehead atoms. The van der Waals surface area contributed by atoms with Gasteiger partial charge in [-0.1, -0.05) is 394 Å². The minimum atomic E-state index is -4.96. The number of phosphoric ester groups is 2. The first-order chi connectivity index (χ1) is 49.5. The number of aliphatic hydroxyl groups is 1. The van der Waals surface area contributed by atoms with Crippen molar-refractivity contribution in [3.8, 4) is 0 Å². The average Bonchev–Trinajstić information content (AvgIpc) is 0.921. The lowest BCUT2D eigenvalue weighted by molar-refractivity contribution is -0.161. The zero-order valence-corrected chi connectivity index (χ0v) is 68.5. The van der Waals surface area contributed by atoms with Crippen LogP contribution in [0.2, 0.25) is 0 Å².